The van der Waals surface area contributed by atoms with Gasteiger partial charge in [-0.3, -0.25) is 0 Å². The second-order valence-corrected chi connectivity index (χ2v) is 4.78. The zero-order chi connectivity index (χ0) is 9.97. The Labute approximate surface area is 88.1 Å². The molecule has 1 heterocycles. The van der Waals surface area contributed by atoms with Gasteiger partial charge in [0.15, 0.2) is 0 Å². The molecule has 0 amide bonds. The third-order valence-corrected chi connectivity index (χ3v) is 3.38. The number of H-pyrrole nitrogens is 1. The molecule has 0 aliphatic heterocycles. The van der Waals surface area contributed by atoms with Crippen LogP contribution in [0.2, 0.25) is 0 Å². The Hall–Kier alpha value is -0.960. The van der Waals surface area contributed by atoms with Crippen LogP contribution in [0, 0.1) is 0 Å². The summed E-state index contributed by atoms with van der Waals surface area (Å²) in [6, 6.07) is 6.44. The third kappa shape index (κ3) is 1.93. The van der Waals surface area contributed by atoms with Gasteiger partial charge in [0.1, 0.15) is 0 Å². The second kappa shape index (κ2) is 4.05. The van der Waals surface area contributed by atoms with Gasteiger partial charge in [0, 0.05) is 5.25 Å². The fourth-order valence-corrected chi connectivity index (χ4v) is 1.88. The maximum atomic E-state index is 4.25. The van der Waals surface area contributed by atoms with Crippen molar-refractivity contribution in [3.63, 3.8) is 0 Å². The summed E-state index contributed by atoms with van der Waals surface area (Å²) < 4.78 is 0. The second-order valence-electron chi connectivity index (χ2n) is 3.50. The van der Waals surface area contributed by atoms with Crippen LogP contribution in [0.25, 0.3) is 11.0 Å². The Kier molecular flexibility index (Phi) is 2.77. The zero-order valence-electron chi connectivity index (χ0n) is 8.45. The van der Waals surface area contributed by atoms with E-state index >= 15 is 0 Å². The quantitative estimate of drug-likeness (QED) is 0.836. The van der Waals surface area contributed by atoms with E-state index in [2.05, 4.69) is 41.3 Å². The molecule has 0 saturated carbocycles. The summed E-state index contributed by atoms with van der Waals surface area (Å²) in [5, 5.41) is 0.673. The molecule has 3 heteroatoms. The normalized spacial score (nSPS) is 13.3. The van der Waals surface area contributed by atoms with E-state index in [4.69, 9.17) is 0 Å². The van der Waals surface area contributed by atoms with Gasteiger partial charge >= 0.3 is 0 Å². The smallest absolute Gasteiger partial charge is 0.0931 e. The van der Waals surface area contributed by atoms with Crippen molar-refractivity contribution in [1.82, 2.24) is 9.97 Å². The van der Waals surface area contributed by atoms with E-state index in [0.717, 1.165) is 17.5 Å². The van der Waals surface area contributed by atoms with Crippen LogP contribution in [-0.2, 0) is 6.42 Å². The SMILES string of the molecule is CSC(C)Cc1ccc2[nH]cnc2c1. The molecule has 0 spiro atoms. The van der Waals surface area contributed by atoms with Gasteiger partial charge in [-0.05, 0) is 30.4 Å². The van der Waals surface area contributed by atoms with Crippen molar-refractivity contribution < 1.29 is 0 Å². The summed E-state index contributed by atoms with van der Waals surface area (Å²) in [7, 11) is 0. The molecule has 2 rings (SSSR count). The molecule has 1 atom stereocenters. The van der Waals surface area contributed by atoms with E-state index in [1.807, 2.05) is 11.8 Å². The number of imidazole rings is 1. The molecule has 14 heavy (non-hydrogen) atoms. The molecule has 0 aliphatic carbocycles. The maximum Gasteiger partial charge on any atom is 0.0931 e. The number of hydrogen-bond acceptors (Lipinski definition) is 2. The van der Waals surface area contributed by atoms with Crippen molar-refractivity contribution in [3.8, 4) is 0 Å². The van der Waals surface area contributed by atoms with Crippen LogP contribution in [0.4, 0.5) is 0 Å². The molecule has 1 aromatic heterocycles. The highest BCUT2D eigenvalue weighted by atomic mass is 32.2. The minimum Gasteiger partial charge on any atom is -0.345 e. The first kappa shape index (κ1) is 9.59. The van der Waals surface area contributed by atoms with Gasteiger partial charge < -0.3 is 4.98 Å². The number of aromatic amines is 1. The summed E-state index contributed by atoms with van der Waals surface area (Å²) in [6.07, 6.45) is 5.01. The first-order valence-electron chi connectivity index (χ1n) is 4.74. The highest BCUT2D eigenvalue weighted by Gasteiger charge is 2.03. The third-order valence-electron chi connectivity index (χ3n) is 2.41. The number of rotatable bonds is 3. The Balaban J connectivity index is 2.25. The average molecular weight is 206 g/mol. The van der Waals surface area contributed by atoms with Crippen LogP contribution in [0.15, 0.2) is 24.5 Å². The monoisotopic (exact) mass is 206 g/mol. The summed E-state index contributed by atoms with van der Waals surface area (Å²) in [4.78, 5) is 7.35. The molecular weight excluding hydrogens is 192 g/mol. The number of nitrogens with one attached hydrogen (secondary N) is 1. The number of fused-ring (bicyclic) bond motifs is 1. The van der Waals surface area contributed by atoms with Gasteiger partial charge in [-0.1, -0.05) is 13.0 Å². The van der Waals surface area contributed by atoms with Gasteiger partial charge in [0.25, 0.3) is 0 Å². The molecular formula is C11H14N2S. The molecule has 0 bridgehead atoms. The van der Waals surface area contributed by atoms with Crippen LogP contribution in [0.5, 0.6) is 0 Å². The highest BCUT2D eigenvalue weighted by molar-refractivity contribution is 7.99. The molecule has 2 aromatic rings. The maximum absolute atomic E-state index is 4.25. The van der Waals surface area contributed by atoms with E-state index in [1.165, 1.54) is 5.56 Å². The molecule has 0 saturated heterocycles. The fraction of sp³-hybridized carbons (Fsp3) is 0.364. The Morgan fingerprint density at radius 2 is 2.36 bits per heavy atom. The first-order chi connectivity index (χ1) is 6.79. The largest absolute Gasteiger partial charge is 0.345 e. The van der Waals surface area contributed by atoms with Crippen molar-refractivity contribution >= 4 is 22.8 Å². The Bertz CT molecular complexity index is 422. The zero-order valence-corrected chi connectivity index (χ0v) is 9.27. The van der Waals surface area contributed by atoms with Crippen LogP contribution in [-0.4, -0.2) is 21.5 Å². The van der Waals surface area contributed by atoms with E-state index in [9.17, 15) is 0 Å². The minimum atomic E-state index is 0.673. The topological polar surface area (TPSA) is 28.7 Å². The van der Waals surface area contributed by atoms with Crippen molar-refractivity contribution in [3.05, 3.63) is 30.1 Å². The highest BCUT2D eigenvalue weighted by Crippen LogP contribution is 2.16. The van der Waals surface area contributed by atoms with E-state index in [-0.39, 0.29) is 0 Å². The van der Waals surface area contributed by atoms with Crippen molar-refractivity contribution in [2.24, 2.45) is 0 Å². The molecule has 0 aliphatic rings. The number of hydrogen-bond donors (Lipinski definition) is 1. The molecule has 74 valence electrons. The molecule has 0 radical (unpaired) electrons. The van der Waals surface area contributed by atoms with E-state index in [0.29, 0.717) is 5.25 Å². The standard InChI is InChI=1S/C11H14N2S/c1-8(14-2)5-9-3-4-10-11(6-9)13-7-12-10/h3-4,6-8H,5H2,1-2H3,(H,12,13). The first-order valence-corrected chi connectivity index (χ1v) is 6.03. The number of aromatic nitrogens is 2. The predicted octanol–water partition coefficient (Wildman–Crippen LogP) is 2.86. The van der Waals surface area contributed by atoms with Crippen molar-refractivity contribution in [1.29, 1.82) is 0 Å². The van der Waals surface area contributed by atoms with Crippen molar-refractivity contribution in [2.75, 3.05) is 6.26 Å². The summed E-state index contributed by atoms with van der Waals surface area (Å²) >= 11 is 1.90. The van der Waals surface area contributed by atoms with Crippen LogP contribution in [0.3, 0.4) is 0 Å². The van der Waals surface area contributed by atoms with Gasteiger partial charge in [-0.25, -0.2) is 4.98 Å². The molecule has 0 fully saturated rings. The molecule has 1 aromatic carbocycles. The van der Waals surface area contributed by atoms with E-state index < -0.39 is 0 Å². The van der Waals surface area contributed by atoms with Gasteiger partial charge in [-0.15, -0.1) is 0 Å². The van der Waals surface area contributed by atoms with Gasteiger partial charge in [0.05, 0.1) is 17.4 Å². The van der Waals surface area contributed by atoms with Crippen LogP contribution < -0.4 is 0 Å². The van der Waals surface area contributed by atoms with Crippen molar-refractivity contribution in [2.45, 2.75) is 18.6 Å². The lowest BCUT2D eigenvalue weighted by atomic mass is 10.1. The lowest BCUT2D eigenvalue weighted by molar-refractivity contribution is 0.947. The van der Waals surface area contributed by atoms with Gasteiger partial charge in [-0.2, -0.15) is 11.8 Å². The summed E-state index contributed by atoms with van der Waals surface area (Å²) in [5.74, 6) is 0. The molecule has 2 nitrogen and oxygen atoms in total. The minimum absolute atomic E-state index is 0.673. The van der Waals surface area contributed by atoms with Gasteiger partial charge in [0.2, 0.25) is 0 Å². The summed E-state index contributed by atoms with van der Waals surface area (Å²) in [6.45, 7) is 2.25. The lowest BCUT2D eigenvalue weighted by Crippen LogP contribution is -1.99. The number of benzene rings is 1. The molecule has 1 N–H and O–H groups in total. The summed E-state index contributed by atoms with van der Waals surface area (Å²) in [5.41, 5.74) is 3.55. The number of nitrogens with zero attached hydrogens (tertiary/aromatic N) is 1. The Morgan fingerprint density at radius 3 is 3.14 bits per heavy atom. The average Bonchev–Trinajstić information content (AvgIpc) is 2.64. The Morgan fingerprint density at radius 1 is 1.50 bits per heavy atom. The number of thioether (sulfide) groups is 1. The van der Waals surface area contributed by atoms with E-state index in [1.54, 1.807) is 6.33 Å². The lowest BCUT2D eigenvalue weighted by Gasteiger charge is -2.07. The molecule has 1 unspecified atom stereocenters. The van der Waals surface area contributed by atoms with Crippen LogP contribution in [0.1, 0.15) is 12.5 Å². The fourth-order valence-electron chi connectivity index (χ4n) is 1.52. The predicted molar refractivity (Wildman–Crippen MR) is 62.8 cm³/mol. The van der Waals surface area contributed by atoms with Crippen LogP contribution >= 0.6 is 11.8 Å².